The van der Waals surface area contributed by atoms with Crippen LogP contribution in [0.3, 0.4) is 0 Å². The molecule has 0 aliphatic heterocycles. The number of carbonyl (C=O) groups is 1. The van der Waals surface area contributed by atoms with Crippen LogP contribution in [-0.2, 0) is 11.2 Å². The van der Waals surface area contributed by atoms with Crippen molar-refractivity contribution in [2.45, 2.75) is 47.0 Å². The van der Waals surface area contributed by atoms with Crippen LogP contribution in [0.25, 0.3) is 0 Å². The first kappa shape index (κ1) is 17.1. The summed E-state index contributed by atoms with van der Waals surface area (Å²) in [5.41, 5.74) is 6.67. The van der Waals surface area contributed by atoms with Gasteiger partial charge in [0.1, 0.15) is 5.75 Å². The first-order chi connectivity index (χ1) is 10.8. The summed E-state index contributed by atoms with van der Waals surface area (Å²) in [6, 6.07) is 9.82. The number of hydrogen-bond donors (Lipinski definition) is 2. The number of hydrogen-bond acceptors (Lipinski definition) is 2. The van der Waals surface area contributed by atoms with Gasteiger partial charge in [-0.1, -0.05) is 26.0 Å². The van der Waals surface area contributed by atoms with Gasteiger partial charge in [0.15, 0.2) is 0 Å². The molecule has 0 aliphatic carbocycles. The van der Waals surface area contributed by atoms with E-state index in [9.17, 15) is 9.90 Å². The normalized spacial score (nSPS) is 10.9. The molecule has 0 heterocycles. The van der Waals surface area contributed by atoms with Crippen molar-refractivity contribution in [2.75, 3.05) is 5.32 Å². The average molecular weight is 311 g/mol. The van der Waals surface area contributed by atoms with Crippen LogP contribution in [0.4, 0.5) is 5.69 Å². The van der Waals surface area contributed by atoms with E-state index in [1.54, 1.807) is 12.1 Å². The van der Waals surface area contributed by atoms with Crippen LogP contribution >= 0.6 is 0 Å². The second-order valence-corrected chi connectivity index (χ2v) is 6.49. The third-order valence-electron chi connectivity index (χ3n) is 4.11. The standard InChI is InChI=1S/C20H25NO2/c1-12(2)18-10-16(6-7-20(18)21-15(5)22)11-19-13(3)8-17(23)9-14(19)4/h6-10,12,23H,11H2,1-5H3,(H,21,22). The molecule has 2 aromatic rings. The molecule has 1 amide bonds. The molecule has 0 bridgehead atoms. The lowest BCUT2D eigenvalue weighted by atomic mass is 9.92. The summed E-state index contributed by atoms with van der Waals surface area (Å²) in [7, 11) is 0. The van der Waals surface area contributed by atoms with Crippen molar-refractivity contribution in [1.29, 1.82) is 0 Å². The lowest BCUT2D eigenvalue weighted by Gasteiger charge is -2.16. The van der Waals surface area contributed by atoms with Gasteiger partial charge in [-0.05, 0) is 72.2 Å². The molecule has 2 aromatic carbocycles. The van der Waals surface area contributed by atoms with Crippen molar-refractivity contribution in [2.24, 2.45) is 0 Å². The minimum absolute atomic E-state index is 0.0510. The van der Waals surface area contributed by atoms with Gasteiger partial charge in [0.2, 0.25) is 5.91 Å². The largest absolute Gasteiger partial charge is 0.508 e. The van der Waals surface area contributed by atoms with E-state index in [-0.39, 0.29) is 5.91 Å². The molecule has 0 saturated heterocycles. The fourth-order valence-corrected chi connectivity index (χ4v) is 2.96. The molecule has 2 N–H and O–H groups in total. The molecular weight excluding hydrogens is 286 g/mol. The van der Waals surface area contributed by atoms with E-state index in [0.29, 0.717) is 11.7 Å². The number of nitrogens with one attached hydrogen (secondary N) is 1. The van der Waals surface area contributed by atoms with Gasteiger partial charge in [0.05, 0.1) is 0 Å². The zero-order valence-corrected chi connectivity index (χ0v) is 14.5. The van der Waals surface area contributed by atoms with Crippen LogP contribution in [0.5, 0.6) is 5.75 Å². The van der Waals surface area contributed by atoms with E-state index < -0.39 is 0 Å². The van der Waals surface area contributed by atoms with Gasteiger partial charge in [-0.3, -0.25) is 4.79 Å². The van der Waals surface area contributed by atoms with Crippen molar-refractivity contribution in [3.05, 3.63) is 58.1 Å². The third-order valence-corrected chi connectivity index (χ3v) is 4.11. The molecule has 23 heavy (non-hydrogen) atoms. The molecule has 0 spiro atoms. The fraction of sp³-hybridized carbons (Fsp3) is 0.350. The molecule has 0 aliphatic rings. The number of benzene rings is 2. The number of phenols is 1. The minimum atomic E-state index is -0.0510. The molecule has 3 heteroatoms. The van der Waals surface area contributed by atoms with Crippen molar-refractivity contribution >= 4 is 11.6 Å². The highest BCUT2D eigenvalue weighted by atomic mass is 16.3. The van der Waals surface area contributed by atoms with Crippen molar-refractivity contribution in [3.63, 3.8) is 0 Å². The van der Waals surface area contributed by atoms with Crippen molar-refractivity contribution in [3.8, 4) is 5.75 Å². The Bertz CT molecular complexity index is 709. The van der Waals surface area contributed by atoms with Crippen LogP contribution in [0.2, 0.25) is 0 Å². The zero-order valence-electron chi connectivity index (χ0n) is 14.5. The maximum atomic E-state index is 11.4. The number of aryl methyl sites for hydroxylation is 2. The summed E-state index contributed by atoms with van der Waals surface area (Å²) in [5.74, 6) is 0.594. The van der Waals surface area contributed by atoms with Crippen LogP contribution in [-0.4, -0.2) is 11.0 Å². The minimum Gasteiger partial charge on any atom is -0.508 e. The summed E-state index contributed by atoms with van der Waals surface area (Å²) in [5, 5.41) is 12.6. The summed E-state index contributed by atoms with van der Waals surface area (Å²) < 4.78 is 0. The van der Waals surface area contributed by atoms with Gasteiger partial charge in [-0.15, -0.1) is 0 Å². The molecule has 0 aromatic heterocycles. The van der Waals surface area contributed by atoms with E-state index in [1.165, 1.54) is 18.1 Å². The second kappa shape index (κ2) is 6.86. The first-order valence-corrected chi connectivity index (χ1v) is 7.97. The molecule has 0 fully saturated rings. The molecular formula is C20H25NO2. The molecule has 122 valence electrons. The number of carbonyl (C=O) groups excluding carboxylic acids is 1. The smallest absolute Gasteiger partial charge is 0.221 e. The van der Waals surface area contributed by atoms with Gasteiger partial charge in [-0.2, -0.15) is 0 Å². The van der Waals surface area contributed by atoms with Gasteiger partial charge >= 0.3 is 0 Å². The Morgan fingerprint density at radius 3 is 2.26 bits per heavy atom. The van der Waals surface area contributed by atoms with Gasteiger partial charge in [0.25, 0.3) is 0 Å². The summed E-state index contributed by atoms with van der Waals surface area (Å²) in [4.78, 5) is 11.4. The van der Waals surface area contributed by atoms with Crippen LogP contribution in [0.15, 0.2) is 30.3 Å². The van der Waals surface area contributed by atoms with E-state index in [2.05, 4.69) is 31.3 Å². The summed E-state index contributed by atoms with van der Waals surface area (Å²) >= 11 is 0. The number of amides is 1. The first-order valence-electron chi connectivity index (χ1n) is 7.97. The van der Waals surface area contributed by atoms with Gasteiger partial charge < -0.3 is 10.4 Å². The Labute approximate surface area is 138 Å². The average Bonchev–Trinajstić information content (AvgIpc) is 2.43. The number of anilines is 1. The van der Waals surface area contributed by atoms with E-state index in [1.807, 2.05) is 19.9 Å². The highest BCUT2D eigenvalue weighted by molar-refractivity contribution is 5.89. The molecule has 3 nitrogen and oxygen atoms in total. The Morgan fingerprint density at radius 2 is 1.74 bits per heavy atom. The summed E-state index contributed by atoms with van der Waals surface area (Å²) in [6.45, 7) is 9.83. The number of phenolic OH excluding ortho intramolecular Hbond substituents is 1. The molecule has 0 saturated carbocycles. The van der Waals surface area contributed by atoms with Crippen molar-refractivity contribution in [1.82, 2.24) is 0 Å². The Kier molecular flexibility index (Phi) is 5.09. The predicted molar refractivity (Wildman–Crippen MR) is 95.2 cm³/mol. The number of aromatic hydroxyl groups is 1. The van der Waals surface area contributed by atoms with Crippen LogP contribution in [0.1, 0.15) is 54.5 Å². The SMILES string of the molecule is CC(=O)Nc1ccc(Cc2c(C)cc(O)cc2C)cc1C(C)C. The Morgan fingerprint density at radius 1 is 1.13 bits per heavy atom. The number of rotatable bonds is 4. The van der Waals surface area contributed by atoms with Crippen LogP contribution in [0, 0.1) is 13.8 Å². The molecule has 0 radical (unpaired) electrons. The van der Waals surface area contributed by atoms with E-state index >= 15 is 0 Å². The maximum Gasteiger partial charge on any atom is 0.221 e. The summed E-state index contributed by atoms with van der Waals surface area (Å²) in [6.07, 6.45) is 0.817. The van der Waals surface area contributed by atoms with E-state index in [0.717, 1.165) is 28.8 Å². The molecule has 0 unspecified atom stereocenters. The van der Waals surface area contributed by atoms with Crippen molar-refractivity contribution < 1.29 is 9.90 Å². The highest BCUT2D eigenvalue weighted by Gasteiger charge is 2.11. The zero-order chi connectivity index (χ0) is 17.1. The third kappa shape index (κ3) is 4.13. The Balaban J connectivity index is 2.38. The maximum absolute atomic E-state index is 11.4. The second-order valence-electron chi connectivity index (χ2n) is 6.49. The lowest BCUT2D eigenvalue weighted by molar-refractivity contribution is -0.114. The lowest BCUT2D eigenvalue weighted by Crippen LogP contribution is -2.09. The van der Waals surface area contributed by atoms with E-state index in [4.69, 9.17) is 0 Å². The predicted octanol–water partition coefficient (Wildman–Crippen LogP) is 4.68. The Hall–Kier alpha value is -2.29. The fourth-order valence-electron chi connectivity index (χ4n) is 2.96. The molecule has 2 rings (SSSR count). The van der Waals surface area contributed by atoms with Gasteiger partial charge in [-0.25, -0.2) is 0 Å². The quantitative estimate of drug-likeness (QED) is 0.861. The monoisotopic (exact) mass is 311 g/mol. The van der Waals surface area contributed by atoms with Gasteiger partial charge in [0, 0.05) is 12.6 Å². The topological polar surface area (TPSA) is 49.3 Å². The highest BCUT2D eigenvalue weighted by Crippen LogP contribution is 2.28. The molecule has 0 atom stereocenters. The van der Waals surface area contributed by atoms with Crippen LogP contribution < -0.4 is 5.32 Å².